The number of aliphatic hydroxyl groups is 1. The molecule has 0 bridgehead atoms. The first-order valence-corrected chi connectivity index (χ1v) is 3.35. The van der Waals surface area contributed by atoms with Gasteiger partial charge in [0, 0.05) is 6.61 Å². The van der Waals surface area contributed by atoms with Gasteiger partial charge in [0.15, 0.2) is 0 Å². The first kappa shape index (κ1) is 6.99. The van der Waals surface area contributed by atoms with Gasteiger partial charge in [0.2, 0.25) is 0 Å². The number of nitrogens with one attached hydrogen (secondary N) is 1. The molecule has 1 rings (SSSR count). The zero-order valence-corrected chi connectivity index (χ0v) is 5.47. The second-order valence-electron chi connectivity index (χ2n) is 2.26. The standard InChI is InChI=1S/C6H13NO2/c8-4-6-5-9-3-1-2-7-6/h6-8H,1-5H2. The minimum Gasteiger partial charge on any atom is -0.395 e. The van der Waals surface area contributed by atoms with E-state index in [1.54, 1.807) is 0 Å². The quantitative estimate of drug-likeness (QED) is 0.497. The van der Waals surface area contributed by atoms with Gasteiger partial charge in [0.25, 0.3) is 0 Å². The number of ether oxygens (including phenoxy) is 1. The van der Waals surface area contributed by atoms with E-state index in [9.17, 15) is 0 Å². The average Bonchev–Trinajstić information content (AvgIpc) is 2.13. The summed E-state index contributed by atoms with van der Waals surface area (Å²) >= 11 is 0. The SMILES string of the molecule is OCC1COCCCN1. The van der Waals surface area contributed by atoms with Crippen molar-refractivity contribution in [3.8, 4) is 0 Å². The summed E-state index contributed by atoms with van der Waals surface area (Å²) < 4.78 is 5.18. The molecule has 0 amide bonds. The van der Waals surface area contributed by atoms with Crippen LogP contribution >= 0.6 is 0 Å². The highest BCUT2D eigenvalue weighted by Crippen LogP contribution is 1.92. The monoisotopic (exact) mass is 131 g/mol. The second-order valence-corrected chi connectivity index (χ2v) is 2.26. The van der Waals surface area contributed by atoms with Crippen LogP contribution in [0.15, 0.2) is 0 Å². The van der Waals surface area contributed by atoms with Crippen LogP contribution in [-0.4, -0.2) is 37.5 Å². The molecule has 0 spiro atoms. The molecule has 0 aromatic rings. The lowest BCUT2D eigenvalue weighted by Crippen LogP contribution is -2.34. The molecule has 0 radical (unpaired) electrons. The van der Waals surface area contributed by atoms with Gasteiger partial charge in [-0.3, -0.25) is 0 Å². The molecule has 0 saturated carbocycles. The van der Waals surface area contributed by atoms with Crippen LogP contribution in [0.3, 0.4) is 0 Å². The van der Waals surface area contributed by atoms with Crippen LogP contribution in [0.1, 0.15) is 6.42 Å². The Balaban J connectivity index is 2.18. The highest BCUT2D eigenvalue weighted by molar-refractivity contribution is 4.66. The Bertz CT molecular complexity index is 69.5. The zero-order valence-electron chi connectivity index (χ0n) is 5.47. The van der Waals surface area contributed by atoms with Crippen molar-refractivity contribution in [2.24, 2.45) is 0 Å². The molecule has 0 aliphatic carbocycles. The van der Waals surface area contributed by atoms with Crippen molar-refractivity contribution in [2.45, 2.75) is 12.5 Å². The summed E-state index contributed by atoms with van der Waals surface area (Å²) in [5.74, 6) is 0. The molecule has 2 N–H and O–H groups in total. The number of rotatable bonds is 1. The van der Waals surface area contributed by atoms with Gasteiger partial charge in [-0.05, 0) is 13.0 Å². The lowest BCUT2D eigenvalue weighted by atomic mass is 10.3. The summed E-state index contributed by atoms with van der Waals surface area (Å²) in [6.07, 6.45) is 1.05. The minimum atomic E-state index is 0.160. The van der Waals surface area contributed by atoms with Gasteiger partial charge >= 0.3 is 0 Å². The average molecular weight is 131 g/mol. The van der Waals surface area contributed by atoms with E-state index in [-0.39, 0.29) is 12.6 Å². The van der Waals surface area contributed by atoms with Crippen LogP contribution in [0.25, 0.3) is 0 Å². The lowest BCUT2D eigenvalue weighted by Gasteiger charge is -2.09. The van der Waals surface area contributed by atoms with Gasteiger partial charge in [0.1, 0.15) is 0 Å². The predicted octanol–water partition coefficient (Wildman–Crippen LogP) is -0.643. The smallest absolute Gasteiger partial charge is 0.0642 e. The van der Waals surface area contributed by atoms with E-state index in [2.05, 4.69) is 5.32 Å². The molecule has 1 aliphatic rings. The van der Waals surface area contributed by atoms with Crippen molar-refractivity contribution >= 4 is 0 Å². The fraction of sp³-hybridized carbons (Fsp3) is 1.00. The van der Waals surface area contributed by atoms with Gasteiger partial charge in [0.05, 0.1) is 19.3 Å². The van der Waals surface area contributed by atoms with E-state index in [1.165, 1.54) is 0 Å². The normalized spacial score (nSPS) is 29.7. The van der Waals surface area contributed by atoms with E-state index in [0.29, 0.717) is 6.61 Å². The third-order valence-electron chi connectivity index (χ3n) is 1.44. The Morgan fingerprint density at radius 3 is 3.33 bits per heavy atom. The van der Waals surface area contributed by atoms with Crippen molar-refractivity contribution < 1.29 is 9.84 Å². The second kappa shape index (κ2) is 3.82. The first-order chi connectivity index (χ1) is 4.43. The third kappa shape index (κ3) is 2.30. The Morgan fingerprint density at radius 1 is 1.67 bits per heavy atom. The molecular weight excluding hydrogens is 118 g/mol. The van der Waals surface area contributed by atoms with Crippen LogP contribution in [0.2, 0.25) is 0 Å². The van der Waals surface area contributed by atoms with Gasteiger partial charge in [-0.1, -0.05) is 0 Å². The number of aliphatic hydroxyl groups excluding tert-OH is 1. The Hall–Kier alpha value is -0.120. The van der Waals surface area contributed by atoms with Gasteiger partial charge in [-0.2, -0.15) is 0 Å². The van der Waals surface area contributed by atoms with Gasteiger partial charge in [-0.15, -0.1) is 0 Å². The van der Waals surface area contributed by atoms with E-state index >= 15 is 0 Å². The van der Waals surface area contributed by atoms with Crippen molar-refractivity contribution in [2.75, 3.05) is 26.4 Å². The molecule has 3 heteroatoms. The van der Waals surface area contributed by atoms with E-state index in [4.69, 9.17) is 9.84 Å². The highest BCUT2D eigenvalue weighted by atomic mass is 16.5. The van der Waals surface area contributed by atoms with Crippen molar-refractivity contribution in [1.82, 2.24) is 5.32 Å². The van der Waals surface area contributed by atoms with Crippen LogP contribution in [0.4, 0.5) is 0 Å². The van der Waals surface area contributed by atoms with Crippen molar-refractivity contribution in [1.29, 1.82) is 0 Å². The summed E-state index contributed by atoms with van der Waals surface area (Å²) in [4.78, 5) is 0. The predicted molar refractivity (Wildman–Crippen MR) is 34.3 cm³/mol. The molecule has 1 atom stereocenters. The molecule has 9 heavy (non-hydrogen) atoms. The first-order valence-electron chi connectivity index (χ1n) is 3.35. The van der Waals surface area contributed by atoms with E-state index in [0.717, 1.165) is 19.6 Å². The largest absolute Gasteiger partial charge is 0.395 e. The molecule has 0 aromatic heterocycles. The summed E-state index contributed by atoms with van der Waals surface area (Å²) in [5, 5.41) is 11.8. The molecule has 1 fully saturated rings. The summed E-state index contributed by atoms with van der Waals surface area (Å²) in [7, 11) is 0. The fourth-order valence-electron chi connectivity index (χ4n) is 0.882. The maximum Gasteiger partial charge on any atom is 0.0642 e. The molecule has 1 heterocycles. The van der Waals surface area contributed by atoms with Crippen LogP contribution in [0, 0.1) is 0 Å². The van der Waals surface area contributed by atoms with Gasteiger partial charge < -0.3 is 15.2 Å². The maximum atomic E-state index is 8.67. The summed E-state index contributed by atoms with van der Waals surface area (Å²) in [5.41, 5.74) is 0. The molecule has 1 aliphatic heterocycles. The van der Waals surface area contributed by atoms with Crippen molar-refractivity contribution in [3.63, 3.8) is 0 Å². The zero-order chi connectivity index (χ0) is 6.53. The Morgan fingerprint density at radius 2 is 2.56 bits per heavy atom. The highest BCUT2D eigenvalue weighted by Gasteiger charge is 2.08. The van der Waals surface area contributed by atoms with Crippen LogP contribution in [-0.2, 0) is 4.74 Å². The minimum absolute atomic E-state index is 0.160. The summed E-state index contributed by atoms with van der Waals surface area (Å²) in [6.45, 7) is 2.62. The number of hydrogen-bond donors (Lipinski definition) is 2. The molecule has 1 unspecified atom stereocenters. The summed E-state index contributed by atoms with van der Waals surface area (Å²) in [6, 6.07) is 0.160. The number of hydrogen-bond acceptors (Lipinski definition) is 3. The van der Waals surface area contributed by atoms with E-state index in [1.807, 2.05) is 0 Å². The maximum absolute atomic E-state index is 8.67. The van der Waals surface area contributed by atoms with E-state index < -0.39 is 0 Å². The Kier molecular flexibility index (Phi) is 2.97. The lowest BCUT2D eigenvalue weighted by molar-refractivity contribution is 0.109. The topological polar surface area (TPSA) is 41.5 Å². The van der Waals surface area contributed by atoms with Crippen LogP contribution in [0.5, 0.6) is 0 Å². The Labute approximate surface area is 55.0 Å². The molecule has 3 nitrogen and oxygen atoms in total. The molecule has 0 aromatic carbocycles. The third-order valence-corrected chi connectivity index (χ3v) is 1.44. The van der Waals surface area contributed by atoms with Crippen molar-refractivity contribution in [3.05, 3.63) is 0 Å². The molecule has 1 saturated heterocycles. The molecular formula is C6H13NO2. The van der Waals surface area contributed by atoms with Crippen LogP contribution < -0.4 is 5.32 Å². The van der Waals surface area contributed by atoms with Gasteiger partial charge in [-0.25, -0.2) is 0 Å². The molecule has 54 valence electrons. The fourth-order valence-corrected chi connectivity index (χ4v) is 0.882.